The third-order valence-electron chi connectivity index (χ3n) is 5.42. The molecular formula is C23H22F6N2O2. The lowest BCUT2D eigenvalue weighted by molar-refractivity contribution is -0.205. The predicted octanol–water partition coefficient (Wildman–Crippen LogP) is 5.01. The zero-order valence-corrected chi connectivity index (χ0v) is 17.6. The lowest BCUT2D eigenvalue weighted by Gasteiger charge is -2.44. The minimum atomic E-state index is -4.96. The second-order valence-corrected chi connectivity index (χ2v) is 7.83. The predicted molar refractivity (Wildman–Crippen MR) is 110 cm³/mol. The molecule has 0 aromatic heterocycles. The van der Waals surface area contributed by atoms with E-state index in [1.807, 2.05) is 12.2 Å². The van der Waals surface area contributed by atoms with E-state index in [-0.39, 0.29) is 29.9 Å². The van der Waals surface area contributed by atoms with Crippen LogP contribution in [0.3, 0.4) is 0 Å². The van der Waals surface area contributed by atoms with Crippen molar-refractivity contribution in [3.8, 4) is 5.75 Å². The number of rotatable bonds is 6. The van der Waals surface area contributed by atoms with Crippen molar-refractivity contribution < 1.29 is 35.9 Å². The lowest BCUT2D eigenvalue weighted by atomic mass is 9.74. The fourth-order valence-corrected chi connectivity index (χ4v) is 3.72. The largest absolute Gasteiger partial charge is 0.494 e. The number of aryl methyl sites for hydroxylation is 1. The molecule has 0 saturated heterocycles. The molecule has 0 saturated carbocycles. The molecular weight excluding hydrogens is 450 g/mol. The van der Waals surface area contributed by atoms with Crippen molar-refractivity contribution in [1.29, 1.82) is 0 Å². The van der Waals surface area contributed by atoms with Crippen molar-refractivity contribution in [2.75, 3.05) is 6.61 Å². The van der Waals surface area contributed by atoms with Crippen LogP contribution in [0.1, 0.15) is 29.5 Å². The first-order valence-corrected chi connectivity index (χ1v) is 10.1. The van der Waals surface area contributed by atoms with E-state index in [1.165, 1.54) is 12.1 Å². The van der Waals surface area contributed by atoms with Crippen LogP contribution in [0, 0.1) is 6.92 Å². The highest BCUT2D eigenvalue weighted by Gasteiger charge is 2.62. The summed E-state index contributed by atoms with van der Waals surface area (Å²) < 4.78 is 85.3. The van der Waals surface area contributed by atoms with Gasteiger partial charge in [-0.1, -0.05) is 42.0 Å². The summed E-state index contributed by atoms with van der Waals surface area (Å²) in [5, 5.41) is 2.00. The Balaban J connectivity index is 1.91. The standard InChI is InChI=1S/C23H22F6N2O2/c1-14-3-5-15(6-4-14)18-13-19(32)31-22(20(18)30,23(27,28)29)16-7-9-17(10-8-16)33-12-2-11-21(24,25)26/h3-10,13,20H,2,11-12,30H2,1H3,(H,31,32). The zero-order valence-electron chi connectivity index (χ0n) is 17.6. The Morgan fingerprint density at radius 2 is 1.61 bits per heavy atom. The molecule has 10 heteroatoms. The second kappa shape index (κ2) is 9.09. The van der Waals surface area contributed by atoms with Crippen molar-refractivity contribution in [2.24, 2.45) is 5.73 Å². The highest BCUT2D eigenvalue weighted by Crippen LogP contribution is 2.46. The van der Waals surface area contributed by atoms with E-state index in [0.29, 0.717) is 5.56 Å². The van der Waals surface area contributed by atoms with E-state index in [2.05, 4.69) is 0 Å². The van der Waals surface area contributed by atoms with Crippen LogP contribution in [0.2, 0.25) is 0 Å². The van der Waals surface area contributed by atoms with Gasteiger partial charge in [-0.25, -0.2) is 0 Å². The fraction of sp³-hybridized carbons (Fsp3) is 0.348. The quantitative estimate of drug-likeness (QED) is 0.459. The van der Waals surface area contributed by atoms with Gasteiger partial charge in [-0.15, -0.1) is 0 Å². The molecule has 3 rings (SSSR count). The lowest BCUT2D eigenvalue weighted by Crippen LogP contribution is -2.67. The van der Waals surface area contributed by atoms with Crippen LogP contribution < -0.4 is 15.8 Å². The van der Waals surface area contributed by atoms with Crippen LogP contribution >= 0.6 is 0 Å². The highest BCUT2D eigenvalue weighted by atomic mass is 19.4. The first-order chi connectivity index (χ1) is 15.3. The summed E-state index contributed by atoms with van der Waals surface area (Å²) in [6.07, 6.45) is -9.54. The number of nitrogens with one attached hydrogen (secondary N) is 1. The van der Waals surface area contributed by atoms with Gasteiger partial charge in [0.05, 0.1) is 12.6 Å². The maximum atomic E-state index is 14.5. The van der Waals surface area contributed by atoms with Gasteiger partial charge in [0.15, 0.2) is 5.54 Å². The number of hydrogen-bond acceptors (Lipinski definition) is 3. The molecule has 0 spiro atoms. The van der Waals surface area contributed by atoms with E-state index < -0.39 is 36.3 Å². The molecule has 0 bridgehead atoms. The summed E-state index contributed by atoms with van der Waals surface area (Å²) in [6.45, 7) is 1.57. The summed E-state index contributed by atoms with van der Waals surface area (Å²) in [6, 6.07) is 9.56. The maximum Gasteiger partial charge on any atom is 0.417 e. The normalized spacial score (nSPS) is 21.4. The van der Waals surface area contributed by atoms with Crippen LogP contribution in [0.15, 0.2) is 54.6 Å². The number of hydrogen-bond donors (Lipinski definition) is 2. The van der Waals surface area contributed by atoms with Gasteiger partial charge in [0, 0.05) is 12.5 Å². The third kappa shape index (κ3) is 5.32. The van der Waals surface area contributed by atoms with Gasteiger partial charge in [0.25, 0.3) is 0 Å². The number of amides is 1. The van der Waals surface area contributed by atoms with Gasteiger partial charge in [-0.2, -0.15) is 26.3 Å². The SMILES string of the molecule is Cc1ccc(C2=CC(=O)NC(c3ccc(OCCCC(F)(F)F)cc3)(C(F)(F)F)C2N)cc1. The molecule has 3 N–H and O–H groups in total. The van der Waals surface area contributed by atoms with Gasteiger partial charge < -0.3 is 15.8 Å². The Kier molecular flexibility index (Phi) is 6.78. The first-order valence-electron chi connectivity index (χ1n) is 10.1. The Hall–Kier alpha value is -3.01. The van der Waals surface area contributed by atoms with Crippen LogP contribution in [0.4, 0.5) is 26.3 Å². The smallest absolute Gasteiger partial charge is 0.417 e. The molecule has 0 fully saturated rings. The summed E-state index contributed by atoms with van der Waals surface area (Å²) >= 11 is 0. The highest BCUT2D eigenvalue weighted by molar-refractivity contribution is 5.99. The van der Waals surface area contributed by atoms with Crippen molar-refractivity contribution in [2.45, 2.75) is 43.7 Å². The number of nitrogens with two attached hydrogens (primary N) is 1. The van der Waals surface area contributed by atoms with Crippen LogP contribution in [0.25, 0.3) is 5.57 Å². The number of carbonyl (C=O) groups is 1. The fourth-order valence-electron chi connectivity index (χ4n) is 3.72. The Morgan fingerprint density at radius 3 is 2.15 bits per heavy atom. The van der Waals surface area contributed by atoms with Gasteiger partial charge >= 0.3 is 12.4 Å². The van der Waals surface area contributed by atoms with Crippen LogP contribution in [-0.4, -0.2) is 30.9 Å². The molecule has 2 atom stereocenters. The minimum Gasteiger partial charge on any atom is -0.494 e. The molecule has 33 heavy (non-hydrogen) atoms. The molecule has 1 heterocycles. The van der Waals surface area contributed by atoms with E-state index in [4.69, 9.17) is 10.5 Å². The molecule has 4 nitrogen and oxygen atoms in total. The second-order valence-electron chi connectivity index (χ2n) is 7.83. The molecule has 178 valence electrons. The molecule has 1 aliphatic rings. The van der Waals surface area contributed by atoms with E-state index >= 15 is 0 Å². The Bertz CT molecular complexity index is 1010. The minimum absolute atomic E-state index is 0.0311. The number of halogens is 6. The molecule has 0 radical (unpaired) electrons. The topological polar surface area (TPSA) is 64.3 Å². The summed E-state index contributed by atoms with van der Waals surface area (Å²) in [5.41, 5.74) is 4.22. The third-order valence-corrected chi connectivity index (χ3v) is 5.42. The molecule has 1 aliphatic heterocycles. The number of benzene rings is 2. The van der Waals surface area contributed by atoms with Crippen molar-refractivity contribution >= 4 is 11.5 Å². The van der Waals surface area contributed by atoms with Gasteiger partial charge in [-0.05, 0) is 42.2 Å². The molecule has 2 unspecified atom stereocenters. The average Bonchev–Trinajstić information content (AvgIpc) is 2.72. The number of ether oxygens (including phenoxy) is 1. The molecule has 1 amide bonds. The van der Waals surface area contributed by atoms with Crippen molar-refractivity contribution in [3.63, 3.8) is 0 Å². The molecule has 2 aromatic carbocycles. The summed E-state index contributed by atoms with van der Waals surface area (Å²) in [7, 11) is 0. The van der Waals surface area contributed by atoms with Crippen LogP contribution in [0.5, 0.6) is 5.75 Å². The monoisotopic (exact) mass is 472 g/mol. The zero-order chi connectivity index (χ0) is 24.4. The first kappa shape index (κ1) is 24.6. The average molecular weight is 472 g/mol. The number of alkyl halides is 6. The van der Waals surface area contributed by atoms with Crippen molar-refractivity contribution in [1.82, 2.24) is 5.32 Å². The summed E-state index contributed by atoms with van der Waals surface area (Å²) in [5.74, 6) is -0.847. The molecule has 2 aromatic rings. The van der Waals surface area contributed by atoms with E-state index in [0.717, 1.165) is 23.8 Å². The Labute approximate surface area is 186 Å². The van der Waals surface area contributed by atoms with Gasteiger partial charge in [0.2, 0.25) is 5.91 Å². The van der Waals surface area contributed by atoms with Gasteiger partial charge in [0.1, 0.15) is 5.75 Å². The Morgan fingerprint density at radius 1 is 1.00 bits per heavy atom. The van der Waals surface area contributed by atoms with E-state index in [9.17, 15) is 31.1 Å². The van der Waals surface area contributed by atoms with Crippen molar-refractivity contribution in [3.05, 3.63) is 71.3 Å². The maximum absolute atomic E-state index is 14.5. The summed E-state index contributed by atoms with van der Waals surface area (Å²) in [4.78, 5) is 12.4. The number of carbonyl (C=O) groups excluding carboxylic acids is 1. The van der Waals surface area contributed by atoms with E-state index in [1.54, 1.807) is 24.3 Å². The van der Waals surface area contributed by atoms with Crippen LogP contribution in [-0.2, 0) is 10.3 Å². The van der Waals surface area contributed by atoms with Gasteiger partial charge in [-0.3, -0.25) is 4.79 Å². The molecule has 0 aliphatic carbocycles.